The Labute approximate surface area is 107 Å². The number of pyridine rings is 1. The summed E-state index contributed by atoms with van der Waals surface area (Å²) < 4.78 is 0. The third-order valence-electron chi connectivity index (χ3n) is 3.30. The van der Waals surface area contributed by atoms with E-state index < -0.39 is 0 Å². The monoisotopic (exact) mass is 249 g/mol. The highest BCUT2D eigenvalue weighted by Gasteiger charge is 2.20. The number of rotatable bonds is 2. The molecule has 1 aliphatic rings. The first-order valence-electron chi connectivity index (χ1n) is 6.31. The highest BCUT2D eigenvalue weighted by Crippen LogP contribution is 2.18. The quantitative estimate of drug-likeness (QED) is 0.748. The Hall–Kier alpha value is -1.62. The molecule has 0 unspecified atom stereocenters. The van der Waals surface area contributed by atoms with Gasteiger partial charge in [0.1, 0.15) is 0 Å². The van der Waals surface area contributed by atoms with E-state index in [0.29, 0.717) is 0 Å². The van der Waals surface area contributed by atoms with Gasteiger partial charge in [0.2, 0.25) is 0 Å². The molecular weight excluding hydrogens is 230 g/mol. The summed E-state index contributed by atoms with van der Waals surface area (Å²) in [6.07, 6.45) is 6.37. The van der Waals surface area contributed by atoms with E-state index >= 15 is 0 Å². The molecule has 0 aromatic carbocycles. The van der Waals surface area contributed by atoms with Crippen LogP contribution in [0.15, 0.2) is 18.5 Å². The van der Waals surface area contributed by atoms with Crippen LogP contribution in [0.2, 0.25) is 0 Å². The van der Waals surface area contributed by atoms with Crippen LogP contribution in [0.4, 0.5) is 10.5 Å². The lowest BCUT2D eigenvalue weighted by Gasteiger charge is -2.26. The summed E-state index contributed by atoms with van der Waals surface area (Å²) in [6.45, 7) is 1.90. The Bertz CT molecular complexity index is 414. The van der Waals surface area contributed by atoms with Crippen molar-refractivity contribution >= 4 is 11.7 Å². The normalized spacial score (nSPS) is 23.4. The van der Waals surface area contributed by atoms with E-state index in [2.05, 4.69) is 15.6 Å². The first-order chi connectivity index (χ1) is 8.65. The number of hydrogen-bond donors (Lipinski definition) is 3. The SMILES string of the molecule is Cc1cnccc1NC(=O)NC1CCC(O)CC1. The summed E-state index contributed by atoms with van der Waals surface area (Å²) in [6, 6.07) is 1.75. The van der Waals surface area contributed by atoms with Crippen LogP contribution in [0.25, 0.3) is 0 Å². The number of aromatic nitrogens is 1. The fourth-order valence-electron chi connectivity index (χ4n) is 2.18. The number of amides is 2. The summed E-state index contributed by atoms with van der Waals surface area (Å²) in [4.78, 5) is 15.8. The zero-order valence-electron chi connectivity index (χ0n) is 10.5. The predicted octanol–water partition coefficient (Wildman–Crippen LogP) is 1.82. The maximum absolute atomic E-state index is 11.8. The van der Waals surface area contributed by atoms with Crippen LogP contribution in [0.3, 0.4) is 0 Å². The molecule has 1 heterocycles. The molecule has 5 nitrogen and oxygen atoms in total. The molecule has 3 N–H and O–H groups in total. The van der Waals surface area contributed by atoms with Crippen molar-refractivity contribution < 1.29 is 9.90 Å². The van der Waals surface area contributed by atoms with E-state index in [-0.39, 0.29) is 18.2 Å². The topological polar surface area (TPSA) is 74.2 Å². The van der Waals surface area contributed by atoms with Crippen LogP contribution < -0.4 is 10.6 Å². The van der Waals surface area contributed by atoms with E-state index in [1.807, 2.05) is 6.92 Å². The average molecular weight is 249 g/mol. The summed E-state index contributed by atoms with van der Waals surface area (Å²) in [5, 5.41) is 15.1. The van der Waals surface area contributed by atoms with Gasteiger partial charge >= 0.3 is 6.03 Å². The molecule has 2 amide bonds. The van der Waals surface area contributed by atoms with Gasteiger partial charge in [-0.3, -0.25) is 4.98 Å². The van der Waals surface area contributed by atoms with E-state index in [1.165, 1.54) is 0 Å². The zero-order chi connectivity index (χ0) is 13.0. The molecule has 1 aliphatic carbocycles. The second-order valence-electron chi connectivity index (χ2n) is 4.79. The van der Waals surface area contributed by atoms with Gasteiger partial charge in [0.25, 0.3) is 0 Å². The number of urea groups is 1. The summed E-state index contributed by atoms with van der Waals surface area (Å²) in [5.41, 5.74) is 1.71. The second kappa shape index (κ2) is 5.82. The largest absolute Gasteiger partial charge is 0.393 e. The molecule has 0 aliphatic heterocycles. The number of anilines is 1. The first kappa shape index (κ1) is 12.8. The predicted molar refractivity (Wildman–Crippen MR) is 69.4 cm³/mol. The molecule has 1 aromatic rings. The van der Waals surface area contributed by atoms with E-state index in [0.717, 1.165) is 36.9 Å². The molecule has 0 spiro atoms. The number of nitrogens with zero attached hydrogens (tertiary/aromatic N) is 1. The van der Waals surface area contributed by atoms with Crippen LogP contribution in [-0.4, -0.2) is 28.3 Å². The van der Waals surface area contributed by atoms with Crippen molar-refractivity contribution in [2.45, 2.75) is 44.8 Å². The molecule has 1 aromatic heterocycles. The van der Waals surface area contributed by atoms with E-state index in [1.54, 1.807) is 18.5 Å². The number of nitrogens with one attached hydrogen (secondary N) is 2. The standard InChI is InChI=1S/C13H19N3O2/c1-9-8-14-7-6-12(9)16-13(18)15-10-2-4-11(17)5-3-10/h6-8,10-11,17H,2-5H2,1H3,(H2,14,15,16,18). The second-order valence-corrected chi connectivity index (χ2v) is 4.79. The van der Waals surface area contributed by atoms with Gasteiger partial charge in [-0.2, -0.15) is 0 Å². The lowest BCUT2D eigenvalue weighted by molar-refractivity contribution is 0.118. The smallest absolute Gasteiger partial charge is 0.319 e. The molecule has 18 heavy (non-hydrogen) atoms. The van der Waals surface area contributed by atoms with Crippen molar-refractivity contribution in [1.29, 1.82) is 0 Å². The summed E-state index contributed by atoms with van der Waals surface area (Å²) >= 11 is 0. The minimum absolute atomic E-state index is 0.163. The van der Waals surface area contributed by atoms with Crippen molar-refractivity contribution in [3.63, 3.8) is 0 Å². The molecule has 0 bridgehead atoms. The average Bonchev–Trinajstić information content (AvgIpc) is 2.35. The Morgan fingerprint density at radius 3 is 2.78 bits per heavy atom. The third kappa shape index (κ3) is 3.43. The van der Waals surface area contributed by atoms with Crippen LogP contribution >= 0.6 is 0 Å². The number of aryl methyl sites for hydroxylation is 1. The van der Waals surface area contributed by atoms with Crippen LogP contribution in [0.1, 0.15) is 31.2 Å². The Morgan fingerprint density at radius 1 is 1.39 bits per heavy atom. The van der Waals surface area contributed by atoms with E-state index in [9.17, 15) is 9.90 Å². The fraction of sp³-hybridized carbons (Fsp3) is 0.538. The van der Waals surface area contributed by atoms with Gasteiger partial charge in [0.15, 0.2) is 0 Å². The summed E-state index contributed by atoms with van der Waals surface area (Å²) in [7, 11) is 0. The third-order valence-corrected chi connectivity index (χ3v) is 3.30. The molecular formula is C13H19N3O2. The number of carbonyl (C=O) groups excluding carboxylic acids is 1. The van der Waals surface area contributed by atoms with Gasteiger partial charge in [-0.25, -0.2) is 4.79 Å². The molecule has 1 saturated carbocycles. The molecule has 0 radical (unpaired) electrons. The number of carbonyl (C=O) groups is 1. The summed E-state index contributed by atoms with van der Waals surface area (Å²) in [5.74, 6) is 0. The van der Waals surface area contributed by atoms with Crippen LogP contribution in [-0.2, 0) is 0 Å². The maximum atomic E-state index is 11.8. The van der Waals surface area contributed by atoms with Gasteiger partial charge in [0.05, 0.1) is 6.10 Å². The highest BCUT2D eigenvalue weighted by molar-refractivity contribution is 5.90. The molecule has 5 heteroatoms. The lowest BCUT2D eigenvalue weighted by atomic mass is 9.93. The molecule has 1 fully saturated rings. The Morgan fingerprint density at radius 2 is 2.11 bits per heavy atom. The van der Waals surface area contributed by atoms with Crippen molar-refractivity contribution in [2.24, 2.45) is 0 Å². The van der Waals surface area contributed by atoms with E-state index in [4.69, 9.17) is 0 Å². The van der Waals surface area contributed by atoms with Gasteiger partial charge in [0, 0.05) is 24.1 Å². The minimum atomic E-state index is -0.200. The number of aliphatic hydroxyl groups excluding tert-OH is 1. The Kier molecular flexibility index (Phi) is 4.15. The Balaban J connectivity index is 1.84. The highest BCUT2D eigenvalue weighted by atomic mass is 16.3. The van der Waals surface area contributed by atoms with Gasteiger partial charge < -0.3 is 15.7 Å². The molecule has 0 atom stereocenters. The molecule has 98 valence electrons. The maximum Gasteiger partial charge on any atom is 0.319 e. The minimum Gasteiger partial charge on any atom is -0.393 e. The van der Waals surface area contributed by atoms with Crippen molar-refractivity contribution in [3.05, 3.63) is 24.0 Å². The number of aliphatic hydroxyl groups is 1. The number of hydrogen-bond acceptors (Lipinski definition) is 3. The lowest BCUT2D eigenvalue weighted by Crippen LogP contribution is -2.41. The fourth-order valence-corrected chi connectivity index (χ4v) is 2.18. The molecule has 2 rings (SSSR count). The zero-order valence-corrected chi connectivity index (χ0v) is 10.5. The van der Waals surface area contributed by atoms with Crippen molar-refractivity contribution in [3.8, 4) is 0 Å². The van der Waals surface area contributed by atoms with Gasteiger partial charge in [-0.15, -0.1) is 0 Å². The van der Waals surface area contributed by atoms with Crippen LogP contribution in [0, 0.1) is 6.92 Å². The van der Waals surface area contributed by atoms with Gasteiger partial charge in [-0.1, -0.05) is 0 Å². The van der Waals surface area contributed by atoms with Gasteiger partial charge in [-0.05, 0) is 44.2 Å². The van der Waals surface area contributed by atoms with Crippen LogP contribution in [0.5, 0.6) is 0 Å². The van der Waals surface area contributed by atoms with Crippen molar-refractivity contribution in [2.75, 3.05) is 5.32 Å². The van der Waals surface area contributed by atoms with Crippen molar-refractivity contribution in [1.82, 2.24) is 10.3 Å². The molecule has 0 saturated heterocycles. The first-order valence-corrected chi connectivity index (χ1v) is 6.31.